The molecular formula is C15H17NO2. The number of piperidine rings is 1. The van der Waals surface area contributed by atoms with Gasteiger partial charge in [-0.1, -0.05) is 44.2 Å². The van der Waals surface area contributed by atoms with E-state index >= 15 is 0 Å². The van der Waals surface area contributed by atoms with Crippen molar-refractivity contribution in [2.45, 2.75) is 26.1 Å². The minimum absolute atomic E-state index is 0.160. The van der Waals surface area contributed by atoms with Gasteiger partial charge < -0.3 is 9.64 Å². The Hall–Kier alpha value is -1.35. The van der Waals surface area contributed by atoms with Crippen molar-refractivity contribution in [3.63, 3.8) is 0 Å². The molecule has 1 aromatic rings. The van der Waals surface area contributed by atoms with E-state index in [-0.39, 0.29) is 17.6 Å². The molecule has 3 nitrogen and oxygen atoms in total. The summed E-state index contributed by atoms with van der Waals surface area (Å²) < 4.78 is 5.87. The monoisotopic (exact) mass is 243 g/mol. The van der Waals surface area contributed by atoms with Crippen molar-refractivity contribution in [1.82, 2.24) is 4.90 Å². The summed E-state index contributed by atoms with van der Waals surface area (Å²) in [6.07, 6.45) is -0.160. The molecule has 2 heterocycles. The second-order valence-electron chi connectivity index (χ2n) is 6.23. The molecule has 0 bridgehead atoms. The van der Waals surface area contributed by atoms with E-state index in [0.29, 0.717) is 24.5 Å². The Morgan fingerprint density at radius 3 is 2.72 bits per heavy atom. The van der Waals surface area contributed by atoms with Crippen molar-refractivity contribution in [3.05, 3.63) is 35.9 Å². The highest BCUT2D eigenvalue weighted by Crippen LogP contribution is 2.67. The first kappa shape index (κ1) is 10.6. The Morgan fingerprint density at radius 1 is 1.28 bits per heavy atom. The third-order valence-corrected chi connectivity index (χ3v) is 4.97. The molecular weight excluding hydrogens is 226 g/mol. The van der Waals surface area contributed by atoms with Crippen LogP contribution in [0.5, 0.6) is 0 Å². The number of rotatable bonds is 1. The number of fused-ring (bicyclic) bond motifs is 3. The number of carbonyl (C=O) groups is 1. The summed E-state index contributed by atoms with van der Waals surface area (Å²) in [5.41, 5.74) is 1.28. The van der Waals surface area contributed by atoms with Gasteiger partial charge in [0.1, 0.15) is 0 Å². The van der Waals surface area contributed by atoms with Gasteiger partial charge in [-0.25, -0.2) is 0 Å². The number of ether oxygens (including phenoxy) is 1. The lowest BCUT2D eigenvalue weighted by atomic mass is 10.0. The molecule has 0 N–H and O–H groups in total. The Balaban J connectivity index is 1.67. The van der Waals surface area contributed by atoms with Crippen LogP contribution in [-0.4, -0.2) is 23.5 Å². The van der Waals surface area contributed by atoms with Crippen molar-refractivity contribution in [2.75, 3.05) is 6.61 Å². The van der Waals surface area contributed by atoms with Crippen LogP contribution in [0.15, 0.2) is 30.3 Å². The summed E-state index contributed by atoms with van der Waals surface area (Å²) in [7, 11) is 0. The Kier molecular flexibility index (Phi) is 1.85. The van der Waals surface area contributed by atoms with E-state index in [1.807, 2.05) is 35.2 Å². The lowest BCUT2D eigenvalue weighted by Crippen LogP contribution is -2.37. The van der Waals surface area contributed by atoms with Gasteiger partial charge in [0.05, 0.1) is 12.6 Å². The Labute approximate surface area is 107 Å². The third-order valence-electron chi connectivity index (χ3n) is 4.97. The van der Waals surface area contributed by atoms with Gasteiger partial charge in [0, 0.05) is 11.5 Å². The highest BCUT2D eigenvalue weighted by Gasteiger charge is 2.73. The maximum atomic E-state index is 12.5. The topological polar surface area (TPSA) is 29.5 Å². The SMILES string of the molecule is CC1(C)C2C(=O)N3C(c4ccccc4)OC[C@@H]3C21. The molecule has 1 aromatic carbocycles. The minimum atomic E-state index is -0.160. The van der Waals surface area contributed by atoms with Crippen molar-refractivity contribution in [1.29, 1.82) is 0 Å². The molecule has 3 unspecified atom stereocenters. The normalized spacial score (nSPS) is 39.7. The first-order chi connectivity index (χ1) is 8.62. The summed E-state index contributed by atoms with van der Waals surface area (Å²) >= 11 is 0. The van der Waals surface area contributed by atoms with Crippen molar-refractivity contribution in [2.24, 2.45) is 17.3 Å². The predicted molar refractivity (Wildman–Crippen MR) is 66.5 cm³/mol. The molecule has 3 fully saturated rings. The number of benzene rings is 1. The molecule has 2 aliphatic heterocycles. The van der Waals surface area contributed by atoms with Crippen LogP contribution in [-0.2, 0) is 9.53 Å². The predicted octanol–water partition coefficient (Wildman–Crippen LogP) is 2.20. The molecule has 0 radical (unpaired) electrons. The average molecular weight is 243 g/mol. The molecule has 2 saturated heterocycles. The molecule has 1 saturated carbocycles. The number of hydrogen-bond donors (Lipinski definition) is 0. The quantitative estimate of drug-likeness (QED) is 0.756. The van der Waals surface area contributed by atoms with Gasteiger partial charge in [0.25, 0.3) is 0 Å². The van der Waals surface area contributed by atoms with Gasteiger partial charge in [0.15, 0.2) is 6.23 Å². The molecule has 1 aliphatic carbocycles. The van der Waals surface area contributed by atoms with E-state index in [0.717, 1.165) is 5.56 Å². The van der Waals surface area contributed by atoms with Crippen LogP contribution < -0.4 is 0 Å². The molecule has 18 heavy (non-hydrogen) atoms. The third kappa shape index (κ3) is 1.11. The maximum Gasteiger partial charge on any atom is 0.229 e. The molecule has 3 heteroatoms. The number of hydrogen-bond acceptors (Lipinski definition) is 2. The van der Waals surface area contributed by atoms with E-state index in [2.05, 4.69) is 13.8 Å². The summed E-state index contributed by atoms with van der Waals surface area (Å²) in [4.78, 5) is 14.5. The fourth-order valence-corrected chi connectivity index (χ4v) is 3.98. The number of amides is 1. The van der Waals surface area contributed by atoms with Gasteiger partial charge in [-0.2, -0.15) is 0 Å². The van der Waals surface area contributed by atoms with Crippen LogP contribution in [0.2, 0.25) is 0 Å². The molecule has 94 valence electrons. The first-order valence-electron chi connectivity index (χ1n) is 6.61. The largest absolute Gasteiger partial charge is 0.352 e. The van der Waals surface area contributed by atoms with E-state index < -0.39 is 0 Å². The fourth-order valence-electron chi connectivity index (χ4n) is 3.98. The summed E-state index contributed by atoms with van der Waals surface area (Å²) in [5, 5.41) is 0. The Morgan fingerprint density at radius 2 is 2.00 bits per heavy atom. The number of nitrogens with zero attached hydrogens (tertiary/aromatic N) is 1. The van der Waals surface area contributed by atoms with Crippen LogP contribution in [0.1, 0.15) is 25.6 Å². The highest BCUT2D eigenvalue weighted by molar-refractivity contribution is 5.87. The molecule has 0 aromatic heterocycles. The van der Waals surface area contributed by atoms with Crippen LogP contribution >= 0.6 is 0 Å². The van der Waals surface area contributed by atoms with Gasteiger partial charge >= 0.3 is 0 Å². The lowest BCUT2D eigenvalue weighted by molar-refractivity contribution is -0.137. The maximum absolute atomic E-state index is 12.5. The van der Waals surface area contributed by atoms with Crippen molar-refractivity contribution in [3.8, 4) is 0 Å². The average Bonchev–Trinajstić information content (AvgIpc) is 2.70. The molecule has 3 aliphatic rings. The second kappa shape index (κ2) is 3.15. The van der Waals surface area contributed by atoms with E-state index in [9.17, 15) is 4.79 Å². The van der Waals surface area contributed by atoms with Gasteiger partial charge in [-0.05, 0) is 11.3 Å². The standard InChI is InChI=1S/C15H17NO2/c1-15(2)11-10-8-18-14(9-6-4-3-5-7-9)16(10)13(17)12(11)15/h3-7,10-12,14H,8H2,1-2H3/t10-,11?,12?,14?/m1/s1. The van der Waals surface area contributed by atoms with E-state index in [1.54, 1.807) is 0 Å². The fraction of sp³-hybridized carbons (Fsp3) is 0.533. The smallest absolute Gasteiger partial charge is 0.229 e. The van der Waals surface area contributed by atoms with Gasteiger partial charge in [-0.15, -0.1) is 0 Å². The minimum Gasteiger partial charge on any atom is -0.352 e. The molecule has 1 amide bonds. The molecule has 4 atom stereocenters. The van der Waals surface area contributed by atoms with Crippen LogP contribution in [0, 0.1) is 17.3 Å². The summed E-state index contributed by atoms with van der Waals surface area (Å²) in [5.74, 6) is 1.03. The first-order valence-corrected chi connectivity index (χ1v) is 6.61. The number of carbonyl (C=O) groups excluding carboxylic acids is 1. The summed E-state index contributed by atoms with van der Waals surface area (Å²) in [6.45, 7) is 5.09. The highest BCUT2D eigenvalue weighted by atomic mass is 16.5. The van der Waals surface area contributed by atoms with Crippen LogP contribution in [0.25, 0.3) is 0 Å². The molecule has 4 rings (SSSR count). The zero-order chi connectivity index (χ0) is 12.5. The zero-order valence-corrected chi connectivity index (χ0v) is 10.7. The molecule has 0 spiro atoms. The van der Waals surface area contributed by atoms with Crippen LogP contribution in [0.3, 0.4) is 0 Å². The van der Waals surface area contributed by atoms with Gasteiger partial charge in [-0.3, -0.25) is 4.79 Å². The summed E-state index contributed by atoms with van der Waals surface area (Å²) in [6, 6.07) is 10.4. The zero-order valence-electron chi connectivity index (χ0n) is 10.7. The van der Waals surface area contributed by atoms with E-state index in [1.165, 1.54) is 0 Å². The van der Waals surface area contributed by atoms with E-state index in [4.69, 9.17) is 4.74 Å². The van der Waals surface area contributed by atoms with Crippen molar-refractivity contribution >= 4 is 5.91 Å². The lowest BCUT2D eigenvalue weighted by Gasteiger charge is -2.27. The van der Waals surface area contributed by atoms with Gasteiger partial charge in [0.2, 0.25) is 5.91 Å². The van der Waals surface area contributed by atoms with Crippen LogP contribution in [0.4, 0.5) is 0 Å². The Bertz CT molecular complexity index is 510. The second-order valence-corrected chi connectivity index (χ2v) is 6.23. The van der Waals surface area contributed by atoms with Crippen molar-refractivity contribution < 1.29 is 9.53 Å².